The fraction of sp³-hybridized carbons (Fsp3) is 0.588. The van der Waals surface area contributed by atoms with E-state index in [1.165, 1.54) is 0 Å². The summed E-state index contributed by atoms with van der Waals surface area (Å²) in [5.41, 5.74) is 0.507. The Morgan fingerprint density at radius 1 is 0.958 bits per heavy atom. The van der Waals surface area contributed by atoms with E-state index in [1.807, 2.05) is 0 Å². The summed E-state index contributed by atoms with van der Waals surface area (Å²) < 4.78 is 22.8. The zero-order valence-corrected chi connectivity index (χ0v) is 13.6. The Kier molecular flexibility index (Phi) is 6.26. The second-order valence-electron chi connectivity index (χ2n) is 5.82. The highest BCUT2D eigenvalue weighted by atomic mass is 16.5. The van der Waals surface area contributed by atoms with Crippen LogP contribution in [0.5, 0.6) is 11.5 Å². The maximum atomic E-state index is 9.19. The summed E-state index contributed by atoms with van der Waals surface area (Å²) in [5.74, 6) is 1.22. The molecule has 2 atom stereocenters. The van der Waals surface area contributed by atoms with Crippen molar-refractivity contribution >= 4 is 0 Å². The Labute approximate surface area is 141 Å². The summed E-state index contributed by atoms with van der Waals surface area (Å²) in [6, 6.07) is 7.36. The monoisotopic (exact) mass is 333 g/mol. The topological polar surface area (TPSA) is 84.8 Å². The number of nitrogens with zero attached hydrogens (tertiary/aromatic N) is 1. The molecule has 2 aliphatic rings. The number of morpholine rings is 2. The molecule has 0 radical (unpaired) electrons. The lowest BCUT2D eigenvalue weighted by Crippen LogP contribution is -2.41. The van der Waals surface area contributed by atoms with Gasteiger partial charge < -0.3 is 29.6 Å². The zero-order chi connectivity index (χ0) is 16.6. The summed E-state index contributed by atoms with van der Waals surface area (Å²) in [5, 5.41) is 15.7. The third-order valence-electron chi connectivity index (χ3n) is 3.89. The third-order valence-corrected chi connectivity index (χ3v) is 3.89. The summed E-state index contributed by atoms with van der Waals surface area (Å²) in [7, 11) is 0. The van der Waals surface area contributed by atoms with Gasteiger partial charge in [-0.15, -0.1) is 0 Å². The summed E-state index contributed by atoms with van der Waals surface area (Å²) in [6.45, 7) is 5.55. The molecule has 0 bridgehead atoms. The van der Waals surface area contributed by atoms with Crippen molar-refractivity contribution in [2.75, 3.05) is 52.6 Å². The van der Waals surface area contributed by atoms with Gasteiger partial charge in [0.15, 0.2) is 0 Å². The molecular formula is C17H23N3O4. The van der Waals surface area contributed by atoms with E-state index >= 15 is 0 Å². The van der Waals surface area contributed by atoms with E-state index < -0.39 is 0 Å². The molecule has 0 spiro atoms. The van der Waals surface area contributed by atoms with Crippen LogP contribution in [0.15, 0.2) is 18.2 Å². The first-order valence-corrected chi connectivity index (χ1v) is 8.29. The van der Waals surface area contributed by atoms with Crippen LogP contribution >= 0.6 is 0 Å². The first-order chi connectivity index (χ1) is 11.8. The van der Waals surface area contributed by atoms with Crippen LogP contribution in [-0.4, -0.2) is 64.8 Å². The normalized spacial score (nSPS) is 24.1. The van der Waals surface area contributed by atoms with Crippen molar-refractivity contribution in [1.82, 2.24) is 10.6 Å². The second kappa shape index (κ2) is 8.85. The van der Waals surface area contributed by atoms with Gasteiger partial charge in [-0.25, -0.2) is 0 Å². The predicted octanol–water partition coefficient (Wildman–Crippen LogP) is 0.293. The maximum absolute atomic E-state index is 9.19. The Hall–Kier alpha value is -1.85. The highest BCUT2D eigenvalue weighted by Crippen LogP contribution is 2.23. The third kappa shape index (κ3) is 5.08. The van der Waals surface area contributed by atoms with E-state index in [-0.39, 0.29) is 12.2 Å². The molecule has 130 valence electrons. The number of hydrogen-bond acceptors (Lipinski definition) is 7. The molecule has 2 saturated heterocycles. The average molecular weight is 333 g/mol. The lowest BCUT2D eigenvalue weighted by molar-refractivity contribution is -0.00132. The molecule has 3 rings (SSSR count). The molecule has 1 aromatic rings. The molecule has 24 heavy (non-hydrogen) atoms. The summed E-state index contributed by atoms with van der Waals surface area (Å²) in [4.78, 5) is 0. The maximum Gasteiger partial charge on any atom is 0.124 e. The molecule has 0 aromatic heterocycles. The lowest BCUT2D eigenvalue weighted by Gasteiger charge is -2.24. The van der Waals surface area contributed by atoms with Gasteiger partial charge in [0.25, 0.3) is 0 Å². The number of rotatable bonds is 6. The quantitative estimate of drug-likeness (QED) is 0.774. The fourth-order valence-electron chi connectivity index (χ4n) is 2.63. The number of nitrogens with one attached hydrogen (secondary N) is 2. The smallest absolute Gasteiger partial charge is 0.124 e. The van der Waals surface area contributed by atoms with Gasteiger partial charge in [0.1, 0.15) is 36.9 Å². The molecule has 7 heteroatoms. The van der Waals surface area contributed by atoms with Gasteiger partial charge in [-0.05, 0) is 12.1 Å². The minimum Gasteiger partial charge on any atom is -0.491 e. The highest BCUT2D eigenvalue weighted by molar-refractivity contribution is 5.43. The molecule has 1 aromatic carbocycles. The van der Waals surface area contributed by atoms with Gasteiger partial charge >= 0.3 is 0 Å². The largest absolute Gasteiger partial charge is 0.491 e. The molecule has 2 N–H and O–H groups in total. The molecule has 2 heterocycles. The number of benzene rings is 1. The SMILES string of the molecule is N#Cc1cc(OC[C@@H]2CNCCO2)cc(OC[C@@H]2CNCCO2)c1. The molecule has 0 aliphatic carbocycles. The zero-order valence-electron chi connectivity index (χ0n) is 13.6. The van der Waals surface area contributed by atoms with Crippen molar-refractivity contribution in [2.24, 2.45) is 0 Å². The Morgan fingerprint density at radius 2 is 1.50 bits per heavy atom. The Balaban J connectivity index is 1.56. The number of nitriles is 1. The lowest BCUT2D eigenvalue weighted by atomic mass is 10.2. The van der Waals surface area contributed by atoms with Crippen molar-refractivity contribution in [1.29, 1.82) is 5.26 Å². The van der Waals surface area contributed by atoms with Gasteiger partial charge in [0.2, 0.25) is 0 Å². The summed E-state index contributed by atoms with van der Waals surface area (Å²) in [6.07, 6.45) is 0.0474. The first-order valence-electron chi connectivity index (χ1n) is 8.29. The molecule has 0 unspecified atom stereocenters. The van der Waals surface area contributed by atoms with Gasteiger partial charge in [-0.3, -0.25) is 0 Å². The van der Waals surface area contributed by atoms with Crippen LogP contribution in [0.1, 0.15) is 5.56 Å². The number of hydrogen-bond donors (Lipinski definition) is 2. The van der Waals surface area contributed by atoms with Gasteiger partial charge in [-0.1, -0.05) is 0 Å². The highest BCUT2D eigenvalue weighted by Gasteiger charge is 2.16. The molecule has 7 nitrogen and oxygen atoms in total. The second-order valence-corrected chi connectivity index (χ2v) is 5.82. The van der Waals surface area contributed by atoms with E-state index in [0.717, 1.165) is 26.2 Å². The van der Waals surface area contributed by atoms with Gasteiger partial charge in [-0.2, -0.15) is 5.26 Å². The Bertz CT molecular complexity index is 523. The summed E-state index contributed by atoms with van der Waals surface area (Å²) >= 11 is 0. The molecular weight excluding hydrogens is 310 g/mol. The molecule has 0 amide bonds. The number of ether oxygens (including phenoxy) is 4. The molecule has 0 saturated carbocycles. The van der Waals surface area contributed by atoms with Crippen molar-refractivity contribution in [3.63, 3.8) is 0 Å². The van der Waals surface area contributed by atoms with Crippen molar-refractivity contribution in [3.05, 3.63) is 23.8 Å². The Morgan fingerprint density at radius 3 is 1.92 bits per heavy atom. The fourth-order valence-corrected chi connectivity index (χ4v) is 2.63. The first kappa shape index (κ1) is 17.0. The van der Waals surface area contributed by atoms with Crippen molar-refractivity contribution in [3.8, 4) is 17.6 Å². The average Bonchev–Trinajstić information content (AvgIpc) is 2.66. The van der Waals surface area contributed by atoms with Crippen LogP contribution in [0.3, 0.4) is 0 Å². The van der Waals surface area contributed by atoms with Crippen LogP contribution in [0.25, 0.3) is 0 Å². The molecule has 2 fully saturated rings. The standard InChI is InChI=1S/C17H23N3O4/c18-8-13-5-14(23-11-16-9-19-1-3-21-16)7-15(6-13)24-12-17-10-20-2-4-22-17/h5-7,16-17,19-20H,1-4,9-12H2/t16-,17-/m0/s1. The van der Waals surface area contributed by atoms with E-state index in [0.29, 0.717) is 43.5 Å². The van der Waals surface area contributed by atoms with Crippen molar-refractivity contribution in [2.45, 2.75) is 12.2 Å². The molecule has 2 aliphatic heterocycles. The van der Waals surface area contributed by atoms with E-state index in [4.69, 9.17) is 18.9 Å². The minimum absolute atomic E-state index is 0.0237. The van der Waals surface area contributed by atoms with Crippen LogP contribution in [0.2, 0.25) is 0 Å². The van der Waals surface area contributed by atoms with E-state index in [9.17, 15) is 5.26 Å². The van der Waals surface area contributed by atoms with Gasteiger partial charge in [0.05, 0.1) is 24.8 Å². The van der Waals surface area contributed by atoms with Crippen LogP contribution in [0.4, 0.5) is 0 Å². The van der Waals surface area contributed by atoms with Crippen LogP contribution in [0, 0.1) is 11.3 Å². The van der Waals surface area contributed by atoms with Crippen LogP contribution < -0.4 is 20.1 Å². The van der Waals surface area contributed by atoms with E-state index in [2.05, 4.69) is 16.7 Å². The predicted molar refractivity (Wildman–Crippen MR) is 87.4 cm³/mol. The van der Waals surface area contributed by atoms with Crippen molar-refractivity contribution < 1.29 is 18.9 Å². The van der Waals surface area contributed by atoms with E-state index in [1.54, 1.807) is 18.2 Å². The van der Waals surface area contributed by atoms with Gasteiger partial charge in [0, 0.05) is 32.2 Å². The van der Waals surface area contributed by atoms with Crippen LogP contribution in [-0.2, 0) is 9.47 Å². The minimum atomic E-state index is 0.0237.